The number of aromatic hydroxyl groups is 1. The van der Waals surface area contributed by atoms with Gasteiger partial charge in [0.1, 0.15) is 5.75 Å². The molecule has 0 radical (unpaired) electrons. The van der Waals surface area contributed by atoms with Gasteiger partial charge >= 0.3 is 12.1 Å². The van der Waals surface area contributed by atoms with Gasteiger partial charge in [0, 0.05) is 0 Å². The number of hydrogen-bond acceptors (Lipinski definition) is 3. The van der Waals surface area contributed by atoms with E-state index in [0.717, 1.165) is 6.07 Å². The van der Waals surface area contributed by atoms with Crippen molar-refractivity contribution >= 4 is 5.97 Å². The van der Waals surface area contributed by atoms with Crippen molar-refractivity contribution < 1.29 is 27.8 Å². The van der Waals surface area contributed by atoms with Crippen LogP contribution in [0, 0.1) is 0 Å². The van der Waals surface area contributed by atoms with Gasteiger partial charge in [-0.2, -0.15) is 13.2 Å². The number of alkyl halides is 3. The summed E-state index contributed by atoms with van der Waals surface area (Å²) in [4.78, 5) is 11.6. The predicted octanol–water partition coefficient (Wildman–Crippen LogP) is 2.62. The number of benzene rings is 1. The van der Waals surface area contributed by atoms with Gasteiger partial charge in [0.15, 0.2) is 0 Å². The molecular weight excluding hydrogens is 249 g/mol. The molecule has 1 aliphatic carbocycles. The molecule has 18 heavy (non-hydrogen) atoms. The molecule has 1 aromatic rings. The van der Waals surface area contributed by atoms with Crippen LogP contribution >= 0.6 is 0 Å². The van der Waals surface area contributed by atoms with Crippen LogP contribution in [0.2, 0.25) is 0 Å². The fourth-order valence-corrected chi connectivity index (χ4v) is 1.98. The minimum Gasteiger partial charge on any atom is -0.508 e. The summed E-state index contributed by atoms with van der Waals surface area (Å²) in [6.45, 7) is 0. The summed E-state index contributed by atoms with van der Waals surface area (Å²) in [5.74, 6) is -1.07. The highest BCUT2D eigenvalue weighted by molar-refractivity contribution is 5.86. The average Bonchev–Trinajstić information content (AvgIpc) is 3.07. The molecule has 0 heterocycles. The van der Waals surface area contributed by atoms with Crippen LogP contribution in [-0.2, 0) is 21.1 Å². The van der Waals surface area contributed by atoms with E-state index in [1.165, 1.54) is 13.2 Å². The molecule has 0 amide bonds. The standard InChI is InChI=1S/C12H11F3O3/c1-18-10(17)11(2-3-11)7-4-8(12(13,14)15)6-9(16)5-7/h4-6,16H,2-3H2,1H3. The minimum atomic E-state index is -4.56. The van der Waals surface area contributed by atoms with Crippen molar-refractivity contribution in [1.82, 2.24) is 0 Å². The number of ether oxygens (including phenoxy) is 1. The first kappa shape index (κ1) is 12.7. The summed E-state index contributed by atoms with van der Waals surface area (Å²) in [6, 6.07) is 2.71. The zero-order chi connectivity index (χ0) is 13.6. The van der Waals surface area contributed by atoms with Crippen LogP contribution in [0.4, 0.5) is 13.2 Å². The molecule has 1 aromatic carbocycles. The van der Waals surface area contributed by atoms with Gasteiger partial charge < -0.3 is 9.84 Å². The van der Waals surface area contributed by atoms with Crippen LogP contribution in [0.3, 0.4) is 0 Å². The van der Waals surface area contributed by atoms with E-state index in [0.29, 0.717) is 18.9 Å². The first-order chi connectivity index (χ1) is 8.29. The Kier molecular flexibility index (Phi) is 2.76. The molecule has 0 saturated heterocycles. The molecule has 98 valence electrons. The summed E-state index contributed by atoms with van der Waals surface area (Å²) in [5.41, 5.74) is -1.83. The van der Waals surface area contributed by atoms with Gasteiger partial charge in [-0.25, -0.2) is 0 Å². The molecule has 1 N–H and O–H groups in total. The van der Waals surface area contributed by atoms with Crippen LogP contribution in [-0.4, -0.2) is 18.2 Å². The van der Waals surface area contributed by atoms with Gasteiger partial charge in [-0.05, 0) is 36.6 Å². The van der Waals surface area contributed by atoms with E-state index in [9.17, 15) is 23.1 Å². The van der Waals surface area contributed by atoms with E-state index in [-0.39, 0.29) is 5.56 Å². The lowest BCUT2D eigenvalue weighted by molar-refractivity contribution is -0.144. The second kappa shape index (κ2) is 3.90. The summed E-state index contributed by atoms with van der Waals surface area (Å²) >= 11 is 0. The lowest BCUT2D eigenvalue weighted by Gasteiger charge is -2.16. The topological polar surface area (TPSA) is 46.5 Å². The zero-order valence-corrected chi connectivity index (χ0v) is 9.54. The van der Waals surface area contributed by atoms with E-state index in [4.69, 9.17) is 0 Å². The molecule has 0 aromatic heterocycles. The van der Waals surface area contributed by atoms with Gasteiger partial charge in [-0.1, -0.05) is 0 Å². The third-order valence-electron chi connectivity index (χ3n) is 3.12. The summed E-state index contributed by atoms with van der Waals surface area (Å²) in [6.07, 6.45) is -3.69. The van der Waals surface area contributed by atoms with Crippen molar-refractivity contribution in [2.75, 3.05) is 7.11 Å². The number of phenols is 1. The molecular formula is C12H11F3O3. The maximum Gasteiger partial charge on any atom is 0.416 e. The lowest BCUT2D eigenvalue weighted by Crippen LogP contribution is -2.22. The highest BCUT2D eigenvalue weighted by Crippen LogP contribution is 2.50. The zero-order valence-electron chi connectivity index (χ0n) is 9.54. The molecule has 1 saturated carbocycles. The molecule has 3 nitrogen and oxygen atoms in total. The molecule has 0 atom stereocenters. The summed E-state index contributed by atoms with van der Waals surface area (Å²) in [5, 5.41) is 9.35. The average molecular weight is 260 g/mol. The maximum absolute atomic E-state index is 12.6. The number of phenolic OH excluding ortho intramolecular Hbond substituents is 1. The molecule has 6 heteroatoms. The molecule has 2 rings (SSSR count). The van der Waals surface area contributed by atoms with Crippen molar-refractivity contribution in [1.29, 1.82) is 0 Å². The Morgan fingerprint density at radius 1 is 1.33 bits per heavy atom. The highest BCUT2D eigenvalue weighted by Gasteiger charge is 2.53. The van der Waals surface area contributed by atoms with Gasteiger partial charge in [-0.3, -0.25) is 4.79 Å². The SMILES string of the molecule is COC(=O)C1(c2cc(O)cc(C(F)(F)F)c2)CC1. The van der Waals surface area contributed by atoms with E-state index in [2.05, 4.69) is 4.74 Å². The highest BCUT2D eigenvalue weighted by atomic mass is 19.4. The van der Waals surface area contributed by atoms with Crippen molar-refractivity contribution in [3.8, 4) is 5.75 Å². The van der Waals surface area contributed by atoms with Gasteiger partial charge in [0.05, 0.1) is 18.1 Å². The second-order valence-electron chi connectivity index (χ2n) is 4.34. The maximum atomic E-state index is 12.6. The van der Waals surface area contributed by atoms with Crippen LogP contribution < -0.4 is 0 Å². The fourth-order valence-electron chi connectivity index (χ4n) is 1.98. The number of halogens is 3. The Hall–Kier alpha value is -1.72. The third kappa shape index (κ3) is 2.02. The largest absolute Gasteiger partial charge is 0.508 e. The Bertz CT molecular complexity index is 490. The van der Waals surface area contributed by atoms with Crippen molar-refractivity contribution in [2.45, 2.75) is 24.4 Å². The molecule has 0 unspecified atom stereocenters. The quantitative estimate of drug-likeness (QED) is 0.831. The first-order valence-electron chi connectivity index (χ1n) is 5.30. The third-order valence-corrected chi connectivity index (χ3v) is 3.12. The number of rotatable bonds is 2. The van der Waals surface area contributed by atoms with E-state index in [1.807, 2.05) is 0 Å². The normalized spacial score (nSPS) is 17.3. The Morgan fingerprint density at radius 2 is 1.94 bits per heavy atom. The molecule has 1 fully saturated rings. The smallest absolute Gasteiger partial charge is 0.416 e. The lowest BCUT2D eigenvalue weighted by atomic mass is 9.94. The fraction of sp³-hybridized carbons (Fsp3) is 0.417. The second-order valence-corrected chi connectivity index (χ2v) is 4.34. The number of carbonyl (C=O) groups excluding carboxylic acids is 1. The first-order valence-corrected chi connectivity index (χ1v) is 5.30. The van der Waals surface area contributed by atoms with Crippen molar-refractivity contribution in [2.24, 2.45) is 0 Å². The van der Waals surface area contributed by atoms with Crippen LogP contribution in [0.5, 0.6) is 5.75 Å². The minimum absolute atomic E-state index is 0.154. The molecule has 0 spiro atoms. The van der Waals surface area contributed by atoms with Crippen molar-refractivity contribution in [3.63, 3.8) is 0 Å². The predicted molar refractivity (Wildman–Crippen MR) is 56.0 cm³/mol. The van der Waals surface area contributed by atoms with Gasteiger partial charge in [0.2, 0.25) is 0 Å². The van der Waals surface area contributed by atoms with E-state index >= 15 is 0 Å². The van der Waals surface area contributed by atoms with E-state index < -0.39 is 28.9 Å². The number of carbonyl (C=O) groups is 1. The van der Waals surface area contributed by atoms with Crippen LogP contribution in [0.15, 0.2) is 18.2 Å². The van der Waals surface area contributed by atoms with E-state index in [1.54, 1.807) is 0 Å². The van der Waals surface area contributed by atoms with Crippen LogP contribution in [0.25, 0.3) is 0 Å². The van der Waals surface area contributed by atoms with Gasteiger partial charge in [-0.15, -0.1) is 0 Å². The van der Waals surface area contributed by atoms with Crippen molar-refractivity contribution in [3.05, 3.63) is 29.3 Å². The molecule has 0 aliphatic heterocycles. The summed E-state index contributed by atoms with van der Waals surface area (Å²) in [7, 11) is 1.19. The Morgan fingerprint density at radius 3 is 2.39 bits per heavy atom. The monoisotopic (exact) mass is 260 g/mol. The summed E-state index contributed by atoms with van der Waals surface area (Å²) < 4.78 is 42.4. The Balaban J connectivity index is 2.47. The number of esters is 1. The Labute approximate surface area is 101 Å². The molecule has 0 bridgehead atoms. The number of methoxy groups -OCH3 is 1. The van der Waals surface area contributed by atoms with Gasteiger partial charge in [0.25, 0.3) is 0 Å². The van der Waals surface area contributed by atoms with Crippen LogP contribution in [0.1, 0.15) is 24.0 Å². The molecule has 1 aliphatic rings. The number of hydrogen-bond donors (Lipinski definition) is 1.